The van der Waals surface area contributed by atoms with Crippen LogP contribution in [0.3, 0.4) is 0 Å². The van der Waals surface area contributed by atoms with Gasteiger partial charge in [-0.2, -0.15) is 0 Å². The lowest BCUT2D eigenvalue weighted by molar-refractivity contribution is -0.129. The summed E-state index contributed by atoms with van der Waals surface area (Å²) in [7, 11) is 0. The van der Waals surface area contributed by atoms with Crippen molar-refractivity contribution in [3.05, 3.63) is 36.4 Å². The fourth-order valence-corrected chi connectivity index (χ4v) is 4.42. The topological polar surface area (TPSA) is 70.2 Å². The van der Waals surface area contributed by atoms with E-state index in [2.05, 4.69) is 21.9 Å². The molecule has 7 heteroatoms. The molecule has 0 aliphatic carbocycles. The summed E-state index contributed by atoms with van der Waals surface area (Å²) in [5.41, 5.74) is 2.27. The van der Waals surface area contributed by atoms with Crippen LogP contribution in [-0.4, -0.2) is 52.6 Å². The lowest BCUT2D eigenvalue weighted by Crippen LogP contribution is -2.49. The Kier molecular flexibility index (Phi) is 5.35. The van der Waals surface area contributed by atoms with Crippen LogP contribution < -0.4 is 5.32 Å². The number of carbonyl (C=O) groups is 1. The fourth-order valence-electron chi connectivity index (χ4n) is 4.42. The number of carbonyl (C=O) groups excluding carboxylic acids is 1. The molecular weight excluding hydrogens is 359 g/mol. The molecule has 150 valence electrons. The molecule has 28 heavy (non-hydrogen) atoms. The molecule has 2 aromatic heterocycles. The van der Waals surface area contributed by atoms with Crippen LogP contribution >= 0.6 is 0 Å². The number of hydrogen-bond acceptors (Lipinski definition) is 4. The monoisotopic (exact) mass is 386 g/mol. The number of halogens is 1. The molecule has 0 unspecified atom stereocenters. The highest BCUT2D eigenvalue weighted by atomic mass is 19.1. The molecule has 2 fully saturated rings. The van der Waals surface area contributed by atoms with E-state index in [-0.39, 0.29) is 23.8 Å². The Morgan fingerprint density at radius 3 is 2.93 bits per heavy atom. The maximum Gasteiger partial charge on any atom is 0.246 e. The molecule has 2 atom stereocenters. The maximum atomic E-state index is 14.8. The zero-order valence-electron chi connectivity index (χ0n) is 16.2. The number of ether oxygens (including phenoxy) is 1. The van der Waals surface area contributed by atoms with E-state index in [0.29, 0.717) is 23.8 Å². The molecule has 0 bridgehead atoms. The van der Waals surface area contributed by atoms with Crippen molar-refractivity contribution >= 4 is 22.6 Å². The van der Waals surface area contributed by atoms with Crippen LogP contribution in [0, 0.1) is 5.82 Å². The number of rotatable bonds is 4. The van der Waals surface area contributed by atoms with Gasteiger partial charge >= 0.3 is 0 Å². The number of aromatic nitrogens is 2. The van der Waals surface area contributed by atoms with Gasteiger partial charge in [0.15, 0.2) is 5.82 Å². The third kappa shape index (κ3) is 3.51. The average Bonchev–Trinajstić information content (AvgIpc) is 3.16. The summed E-state index contributed by atoms with van der Waals surface area (Å²) in [5.74, 6) is -0.110. The van der Waals surface area contributed by atoms with Crippen LogP contribution in [0.2, 0.25) is 0 Å². The first-order valence-electron chi connectivity index (χ1n) is 10.0. The van der Waals surface area contributed by atoms with Crippen molar-refractivity contribution in [3.8, 4) is 0 Å². The number of likely N-dealkylation sites (tertiary alicyclic amines) is 1. The SMILES string of the molecule is C=CC(=O)N1C[C@H](Nc2c(F)cnc3[nH]cc(C4CCOCC4)c23)CC[C@@H]1C. The van der Waals surface area contributed by atoms with Gasteiger partial charge in [-0.05, 0) is 50.2 Å². The van der Waals surface area contributed by atoms with Crippen LogP contribution in [0.5, 0.6) is 0 Å². The quantitative estimate of drug-likeness (QED) is 0.788. The molecule has 2 aliphatic rings. The molecule has 0 radical (unpaired) electrons. The molecule has 2 N–H and O–H groups in total. The van der Waals surface area contributed by atoms with Crippen molar-refractivity contribution < 1.29 is 13.9 Å². The number of H-pyrrole nitrogens is 1. The Labute approximate surface area is 164 Å². The van der Waals surface area contributed by atoms with Crippen molar-refractivity contribution in [1.29, 1.82) is 0 Å². The van der Waals surface area contributed by atoms with Gasteiger partial charge in [0.2, 0.25) is 5.91 Å². The second-order valence-electron chi connectivity index (χ2n) is 7.80. The second kappa shape index (κ2) is 7.91. The number of amides is 1. The molecule has 0 aromatic carbocycles. The molecule has 0 spiro atoms. The van der Waals surface area contributed by atoms with Gasteiger partial charge in [0.05, 0.1) is 11.9 Å². The van der Waals surface area contributed by atoms with Crippen LogP contribution in [0.25, 0.3) is 11.0 Å². The highest BCUT2D eigenvalue weighted by Crippen LogP contribution is 2.37. The number of aromatic amines is 1. The van der Waals surface area contributed by atoms with Crippen molar-refractivity contribution in [2.75, 3.05) is 25.1 Å². The number of nitrogens with one attached hydrogen (secondary N) is 2. The fraction of sp³-hybridized carbons (Fsp3) is 0.524. The first kappa shape index (κ1) is 18.9. The molecule has 2 aromatic rings. The Hall–Kier alpha value is -2.41. The molecular formula is C21H27FN4O2. The maximum absolute atomic E-state index is 14.8. The molecule has 4 rings (SSSR count). The van der Waals surface area contributed by atoms with E-state index in [1.165, 1.54) is 12.3 Å². The molecule has 2 aliphatic heterocycles. The Bertz CT molecular complexity index is 875. The first-order chi connectivity index (χ1) is 13.6. The number of anilines is 1. The minimum Gasteiger partial charge on any atom is -0.381 e. The van der Waals surface area contributed by atoms with Crippen LogP contribution in [0.15, 0.2) is 25.0 Å². The van der Waals surface area contributed by atoms with Gasteiger partial charge in [0.25, 0.3) is 0 Å². The minimum atomic E-state index is -0.361. The van der Waals surface area contributed by atoms with Gasteiger partial charge in [0.1, 0.15) is 5.65 Å². The van der Waals surface area contributed by atoms with Gasteiger partial charge in [-0.15, -0.1) is 0 Å². The Morgan fingerprint density at radius 2 is 2.18 bits per heavy atom. The van der Waals surface area contributed by atoms with E-state index in [9.17, 15) is 9.18 Å². The summed E-state index contributed by atoms with van der Waals surface area (Å²) in [5, 5.41) is 4.22. The standard InChI is InChI=1S/C21H27FN4O2/c1-3-18(27)26-12-15(5-4-13(26)2)25-20-17(22)11-24-21-19(20)16(10-23-21)14-6-8-28-9-7-14/h3,10-11,13-15H,1,4-9,12H2,2H3,(H2,23,24,25)/t13-,15+/m0/s1. The van der Waals surface area contributed by atoms with Crippen LogP contribution in [0.1, 0.15) is 44.1 Å². The van der Waals surface area contributed by atoms with Crippen molar-refractivity contribution in [3.63, 3.8) is 0 Å². The Balaban J connectivity index is 1.64. The lowest BCUT2D eigenvalue weighted by atomic mass is 9.91. The zero-order valence-corrected chi connectivity index (χ0v) is 16.2. The molecule has 4 heterocycles. The van der Waals surface area contributed by atoms with Crippen LogP contribution in [0.4, 0.5) is 10.1 Å². The zero-order chi connectivity index (χ0) is 19.7. The smallest absolute Gasteiger partial charge is 0.246 e. The number of nitrogens with zero attached hydrogens (tertiary/aromatic N) is 2. The predicted octanol–water partition coefficient (Wildman–Crippen LogP) is 3.57. The van der Waals surface area contributed by atoms with E-state index in [0.717, 1.165) is 49.8 Å². The van der Waals surface area contributed by atoms with E-state index in [4.69, 9.17) is 4.74 Å². The van der Waals surface area contributed by atoms with Crippen molar-refractivity contribution in [2.45, 2.75) is 50.6 Å². The van der Waals surface area contributed by atoms with Gasteiger partial charge in [-0.25, -0.2) is 9.37 Å². The highest BCUT2D eigenvalue weighted by molar-refractivity contribution is 5.93. The summed E-state index contributed by atoms with van der Waals surface area (Å²) >= 11 is 0. The highest BCUT2D eigenvalue weighted by Gasteiger charge is 2.29. The lowest BCUT2D eigenvalue weighted by Gasteiger charge is -2.38. The summed E-state index contributed by atoms with van der Waals surface area (Å²) in [4.78, 5) is 21.4. The molecule has 2 saturated heterocycles. The van der Waals surface area contributed by atoms with E-state index >= 15 is 0 Å². The van der Waals surface area contributed by atoms with Crippen LogP contribution in [-0.2, 0) is 9.53 Å². The van der Waals surface area contributed by atoms with Gasteiger partial charge in [0, 0.05) is 43.4 Å². The van der Waals surface area contributed by atoms with E-state index in [1.807, 2.05) is 13.1 Å². The molecule has 0 saturated carbocycles. The van der Waals surface area contributed by atoms with Gasteiger partial charge in [-0.3, -0.25) is 4.79 Å². The van der Waals surface area contributed by atoms with Gasteiger partial charge < -0.3 is 19.9 Å². The minimum absolute atomic E-state index is 0.0161. The van der Waals surface area contributed by atoms with Crippen molar-refractivity contribution in [1.82, 2.24) is 14.9 Å². The van der Waals surface area contributed by atoms with E-state index in [1.54, 1.807) is 4.90 Å². The average molecular weight is 386 g/mol. The summed E-state index contributed by atoms with van der Waals surface area (Å²) < 4.78 is 20.3. The van der Waals surface area contributed by atoms with E-state index < -0.39 is 0 Å². The number of fused-ring (bicyclic) bond motifs is 1. The number of piperidine rings is 1. The molecule has 1 amide bonds. The predicted molar refractivity (Wildman–Crippen MR) is 107 cm³/mol. The summed E-state index contributed by atoms with van der Waals surface area (Å²) in [6.07, 6.45) is 8.15. The number of hydrogen-bond donors (Lipinski definition) is 2. The second-order valence-corrected chi connectivity index (χ2v) is 7.80. The number of pyridine rings is 1. The Morgan fingerprint density at radius 1 is 1.39 bits per heavy atom. The third-order valence-corrected chi connectivity index (χ3v) is 6.04. The normalized spacial score (nSPS) is 23.7. The molecule has 6 nitrogen and oxygen atoms in total. The van der Waals surface area contributed by atoms with Crippen molar-refractivity contribution in [2.24, 2.45) is 0 Å². The third-order valence-electron chi connectivity index (χ3n) is 6.04. The largest absolute Gasteiger partial charge is 0.381 e. The first-order valence-corrected chi connectivity index (χ1v) is 10.0. The summed E-state index contributed by atoms with van der Waals surface area (Å²) in [6, 6.07) is 0.147. The van der Waals surface area contributed by atoms with Gasteiger partial charge in [-0.1, -0.05) is 6.58 Å². The summed E-state index contributed by atoms with van der Waals surface area (Å²) in [6.45, 7) is 7.62.